The van der Waals surface area contributed by atoms with Gasteiger partial charge < -0.3 is 30.0 Å². The summed E-state index contributed by atoms with van der Waals surface area (Å²) in [6.45, 7) is 8.58. The highest BCUT2D eigenvalue weighted by atomic mass is 16.4. The molecule has 15 heteroatoms. The van der Waals surface area contributed by atoms with E-state index in [0.717, 1.165) is 4.90 Å². The summed E-state index contributed by atoms with van der Waals surface area (Å²) < 4.78 is 5.63. The molecular weight excluding hydrogens is 600 g/mol. The Hall–Kier alpha value is -4.82. The number of rotatable bonds is 12. The van der Waals surface area contributed by atoms with E-state index in [1.165, 1.54) is 18.7 Å². The van der Waals surface area contributed by atoms with E-state index in [1.807, 2.05) is 0 Å². The molecule has 0 spiro atoms. The van der Waals surface area contributed by atoms with E-state index in [2.05, 4.69) is 15.6 Å². The van der Waals surface area contributed by atoms with Crippen molar-refractivity contribution in [2.24, 2.45) is 11.8 Å². The molecule has 0 saturated carbocycles. The van der Waals surface area contributed by atoms with Crippen LogP contribution in [0.2, 0.25) is 0 Å². The molecule has 1 aromatic heterocycles. The summed E-state index contributed by atoms with van der Waals surface area (Å²) in [5, 5.41) is 14.5. The number of aliphatic carboxylic acids is 1. The first-order valence-corrected chi connectivity index (χ1v) is 15.2. The number of likely N-dealkylation sites (tertiary alicyclic amines) is 1. The number of oxazole rings is 1. The van der Waals surface area contributed by atoms with Gasteiger partial charge in [0.25, 0.3) is 11.8 Å². The van der Waals surface area contributed by atoms with Gasteiger partial charge in [0.1, 0.15) is 36.2 Å². The summed E-state index contributed by atoms with van der Waals surface area (Å²) in [4.78, 5) is 97.7. The topological polar surface area (TPSA) is 200 Å². The summed E-state index contributed by atoms with van der Waals surface area (Å²) in [5.41, 5.74) is -0.534. The fraction of sp³-hybridized carbons (Fsp3) is 0.548. The molecule has 0 aliphatic carbocycles. The van der Waals surface area contributed by atoms with Crippen LogP contribution in [0.5, 0.6) is 0 Å². The van der Waals surface area contributed by atoms with Gasteiger partial charge in [0, 0.05) is 6.54 Å². The number of hydrogen-bond donors (Lipinski definition) is 3. The van der Waals surface area contributed by atoms with Gasteiger partial charge in [0.2, 0.25) is 23.5 Å². The van der Waals surface area contributed by atoms with E-state index in [1.54, 1.807) is 52.0 Å². The van der Waals surface area contributed by atoms with Gasteiger partial charge in [0.05, 0.1) is 6.04 Å². The minimum Gasteiger partial charge on any atom is -0.480 e. The van der Waals surface area contributed by atoms with Crippen LogP contribution < -0.4 is 10.6 Å². The summed E-state index contributed by atoms with van der Waals surface area (Å²) >= 11 is 0. The molecule has 248 valence electrons. The number of carboxylic acid groups (broad SMARTS) is 1. The Kier molecular flexibility index (Phi) is 9.82. The molecule has 4 rings (SSSR count). The third kappa shape index (κ3) is 6.72. The first-order valence-electron chi connectivity index (χ1n) is 15.2. The molecule has 0 bridgehead atoms. The zero-order valence-electron chi connectivity index (χ0n) is 26.7. The Bertz CT molecular complexity index is 1530. The maximum Gasteiger partial charge on any atom is 0.328 e. The van der Waals surface area contributed by atoms with E-state index in [-0.39, 0.29) is 18.4 Å². The number of benzene rings is 1. The van der Waals surface area contributed by atoms with Crippen LogP contribution >= 0.6 is 0 Å². The van der Waals surface area contributed by atoms with Crippen LogP contribution in [0, 0.1) is 11.8 Å². The second-order valence-electron chi connectivity index (χ2n) is 12.8. The fourth-order valence-electron chi connectivity index (χ4n) is 5.71. The molecule has 6 amide bonds. The highest BCUT2D eigenvalue weighted by Crippen LogP contribution is 2.28. The Balaban J connectivity index is 1.45. The number of carbonyl (C=O) groups is 7. The zero-order valence-corrected chi connectivity index (χ0v) is 26.7. The molecule has 2 saturated heterocycles. The summed E-state index contributed by atoms with van der Waals surface area (Å²) in [5.74, 6) is -5.28. The monoisotopic (exact) mass is 640 g/mol. The number of fused-ring (bicyclic) bond motifs is 1. The number of aromatic nitrogens is 1. The van der Waals surface area contributed by atoms with Crippen LogP contribution in [0.3, 0.4) is 0 Å². The molecule has 2 aliphatic rings. The van der Waals surface area contributed by atoms with E-state index in [0.29, 0.717) is 28.8 Å². The van der Waals surface area contributed by atoms with E-state index >= 15 is 0 Å². The standard InChI is InChI=1S/C31H40N6O9/c1-16(2)23(25(41)27-32-18-10-7-8-12-20(18)46-27)34-26(42)19-11-9-13-35(19)28(43)24(17(3)4)33-21(38)14-37-30(45)36(15-22(39)40)29(44)31(37,5)6/h7-8,10,12,16-17,19,23-24H,9,11,13-15H2,1-6H3,(H,33,38)(H,34,42)(H,39,40)/t19-,23-,24-/m0/s1. The molecule has 0 radical (unpaired) electrons. The number of amides is 6. The van der Waals surface area contributed by atoms with Crippen molar-refractivity contribution in [3.63, 3.8) is 0 Å². The molecule has 2 aliphatic heterocycles. The molecule has 2 fully saturated rings. The van der Waals surface area contributed by atoms with Gasteiger partial charge in [-0.1, -0.05) is 39.8 Å². The lowest BCUT2D eigenvalue weighted by molar-refractivity contribution is -0.143. The smallest absolute Gasteiger partial charge is 0.328 e. The van der Waals surface area contributed by atoms with Crippen molar-refractivity contribution in [2.45, 2.75) is 78.0 Å². The van der Waals surface area contributed by atoms with Crippen LogP contribution in [0.4, 0.5) is 4.79 Å². The number of Topliss-reactive ketones (excluding diaryl/α,β-unsaturated/α-hetero) is 1. The van der Waals surface area contributed by atoms with Crippen LogP contribution in [-0.2, 0) is 24.0 Å². The second kappa shape index (κ2) is 13.3. The molecule has 3 N–H and O–H groups in total. The Morgan fingerprint density at radius 1 is 1.00 bits per heavy atom. The lowest BCUT2D eigenvalue weighted by atomic mass is 9.98. The van der Waals surface area contributed by atoms with E-state index < -0.39 is 84.1 Å². The average molecular weight is 641 g/mol. The van der Waals surface area contributed by atoms with Crippen LogP contribution in [0.15, 0.2) is 28.7 Å². The normalized spacial score (nSPS) is 19.2. The van der Waals surface area contributed by atoms with Gasteiger partial charge in [-0.3, -0.25) is 33.7 Å². The number of nitrogens with one attached hydrogen (secondary N) is 2. The van der Waals surface area contributed by atoms with Gasteiger partial charge >= 0.3 is 12.0 Å². The molecule has 46 heavy (non-hydrogen) atoms. The van der Waals surface area contributed by atoms with Crippen molar-refractivity contribution in [1.29, 1.82) is 0 Å². The van der Waals surface area contributed by atoms with Crippen molar-refractivity contribution >= 4 is 52.5 Å². The van der Waals surface area contributed by atoms with Crippen LogP contribution in [0.25, 0.3) is 11.1 Å². The minimum absolute atomic E-state index is 0.130. The maximum absolute atomic E-state index is 13.8. The molecular formula is C31H40N6O9. The Labute approximate surface area is 265 Å². The molecule has 3 atom stereocenters. The molecule has 2 aromatic rings. The first-order chi connectivity index (χ1) is 21.5. The number of urea groups is 1. The number of carbonyl (C=O) groups excluding carboxylic acids is 6. The van der Waals surface area contributed by atoms with Crippen LogP contribution in [-0.4, -0.2) is 110 Å². The number of para-hydroxylation sites is 2. The quantitative estimate of drug-likeness (QED) is 0.225. The lowest BCUT2D eigenvalue weighted by Crippen LogP contribution is -2.58. The molecule has 15 nitrogen and oxygen atoms in total. The number of carboxylic acids is 1. The number of nitrogens with zero attached hydrogens (tertiary/aromatic N) is 4. The highest BCUT2D eigenvalue weighted by Gasteiger charge is 2.52. The van der Waals surface area contributed by atoms with Gasteiger partial charge in [-0.05, 0) is 50.7 Å². The third-order valence-corrected chi connectivity index (χ3v) is 8.34. The van der Waals surface area contributed by atoms with Gasteiger partial charge in [-0.25, -0.2) is 9.78 Å². The number of hydrogen-bond acceptors (Lipinski definition) is 9. The first kappa shape index (κ1) is 34.1. The SMILES string of the molecule is CC(C)[C@H](NC(=O)[C@@H]1CCCN1C(=O)[C@@H](NC(=O)CN1C(=O)N(CC(=O)O)C(=O)C1(C)C)C(C)C)C(=O)c1nc2ccccc2o1. The second-order valence-corrected chi connectivity index (χ2v) is 12.8. The summed E-state index contributed by atoms with van der Waals surface area (Å²) in [6, 6.07) is 3.05. The third-order valence-electron chi connectivity index (χ3n) is 8.34. The summed E-state index contributed by atoms with van der Waals surface area (Å²) in [6.07, 6.45) is 0.863. The van der Waals surface area contributed by atoms with Crippen molar-refractivity contribution in [3.05, 3.63) is 30.2 Å². The highest BCUT2D eigenvalue weighted by molar-refractivity contribution is 6.09. The molecule has 1 aromatic carbocycles. The number of imide groups is 1. The predicted octanol–water partition coefficient (Wildman–Crippen LogP) is 1.41. The Morgan fingerprint density at radius 2 is 1.65 bits per heavy atom. The molecule has 3 heterocycles. The minimum atomic E-state index is -1.48. The van der Waals surface area contributed by atoms with Crippen LogP contribution in [0.1, 0.15) is 65.1 Å². The van der Waals surface area contributed by atoms with E-state index in [4.69, 9.17) is 9.52 Å². The largest absolute Gasteiger partial charge is 0.480 e. The predicted molar refractivity (Wildman–Crippen MR) is 162 cm³/mol. The lowest BCUT2D eigenvalue weighted by Gasteiger charge is -2.32. The van der Waals surface area contributed by atoms with E-state index in [9.17, 15) is 33.6 Å². The zero-order chi connectivity index (χ0) is 34.1. The fourth-order valence-corrected chi connectivity index (χ4v) is 5.71. The summed E-state index contributed by atoms with van der Waals surface area (Å²) in [7, 11) is 0. The number of ketones is 1. The van der Waals surface area contributed by atoms with Crippen molar-refractivity contribution in [3.8, 4) is 0 Å². The van der Waals surface area contributed by atoms with Gasteiger partial charge in [-0.15, -0.1) is 0 Å². The van der Waals surface area contributed by atoms with Crippen molar-refractivity contribution in [1.82, 2.24) is 30.3 Å². The Morgan fingerprint density at radius 3 is 2.26 bits per heavy atom. The van der Waals surface area contributed by atoms with Gasteiger partial charge in [0.15, 0.2) is 5.58 Å². The maximum atomic E-state index is 13.8. The van der Waals surface area contributed by atoms with Crippen molar-refractivity contribution in [2.75, 3.05) is 19.6 Å². The van der Waals surface area contributed by atoms with Gasteiger partial charge in [-0.2, -0.15) is 0 Å². The van der Waals surface area contributed by atoms with Crippen molar-refractivity contribution < 1.29 is 43.1 Å². The molecule has 0 unspecified atom stereocenters. The average Bonchev–Trinajstić information content (AvgIpc) is 3.69.